The molecule has 0 atom stereocenters. The molecule has 1 fully saturated rings. The summed E-state index contributed by atoms with van der Waals surface area (Å²) < 4.78 is 0. The zero-order chi connectivity index (χ0) is 18.1. The minimum absolute atomic E-state index is 0.289. The average molecular weight is 347 g/mol. The quantitative estimate of drug-likeness (QED) is 0.868. The van der Waals surface area contributed by atoms with Crippen LogP contribution in [0.1, 0.15) is 37.7 Å². The summed E-state index contributed by atoms with van der Waals surface area (Å²) in [6.07, 6.45) is 5.38. The van der Waals surface area contributed by atoms with Crippen molar-refractivity contribution in [3.63, 3.8) is 0 Å². The van der Waals surface area contributed by atoms with Gasteiger partial charge in [-0.05, 0) is 55.9 Å². The molecule has 0 amide bonds. The fourth-order valence-electron chi connectivity index (χ4n) is 4.04. The van der Waals surface area contributed by atoms with Crippen molar-refractivity contribution in [2.24, 2.45) is 21.5 Å². The first-order valence-electron chi connectivity index (χ1n) is 9.24. The Bertz CT molecular complexity index is 843. The summed E-state index contributed by atoms with van der Waals surface area (Å²) in [7, 11) is 0. The van der Waals surface area contributed by atoms with Crippen LogP contribution >= 0.6 is 0 Å². The molecule has 1 aliphatic carbocycles. The summed E-state index contributed by atoms with van der Waals surface area (Å²) in [5, 5.41) is 0. The Morgan fingerprint density at radius 1 is 0.846 bits per heavy atom. The van der Waals surface area contributed by atoms with Gasteiger partial charge in [0.1, 0.15) is 5.66 Å². The van der Waals surface area contributed by atoms with Gasteiger partial charge in [-0.1, -0.05) is 48.4 Å². The monoisotopic (exact) mass is 347 g/mol. The number of hydrogen-bond donors (Lipinski definition) is 2. The largest absolute Gasteiger partial charge is 0.369 e. The summed E-state index contributed by atoms with van der Waals surface area (Å²) in [6, 6.07) is 17.0. The third kappa shape index (κ3) is 2.94. The van der Waals surface area contributed by atoms with Gasteiger partial charge >= 0.3 is 0 Å². The highest BCUT2D eigenvalue weighted by atomic mass is 15.4. The molecular formula is C21H25N5. The van der Waals surface area contributed by atoms with Crippen molar-refractivity contribution >= 4 is 17.6 Å². The Balaban J connectivity index is 1.69. The SMILES string of the molecule is Cc1ccc(-c2ccc(N3C(N)=NC(N)=NC34CCCCC4)cc2)cc1. The molecule has 5 heteroatoms. The number of anilines is 1. The molecule has 134 valence electrons. The third-order valence-electron chi connectivity index (χ3n) is 5.36. The summed E-state index contributed by atoms with van der Waals surface area (Å²) in [5.41, 5.74) is 16.5. The molecule has 2 aromatic carbocycles. The lowest BCUT2D eigenvalue weighted by Crippen LogP contribution is -2.58. The summed E-state index contributed by atoms with van der Waals surface area (Å²) >= 11 is 0. The van der Waals surface area contributed by atoms with Gasteiger partial charge in [-0.3, -0.25) is 4.90 Å². The van der Waals surface area contributed by atoms with E-state index in [1.54, 1.807) is 0 Å². The Morgan fingerprint density at radius 3 is 2.04 bits per heavy atom. The van der Waals surface area contributed by atoms with Crippen molar-refractivity contribution in [3.8, 4) is 11.1 Å². The van der Waals surface area contributed by atoms with E-state index >= 15 is 0 Å². The standard InChI is InChI=1S/C21H25N5/c1-15-5-7-16(8-6-15)17-9-11-18(12-10-17)26-20(23)24-19(22)25-21(26)13-3-2-4-14-21/h5-12H,2-4,13-14H2,1H3,(H4,22,23,24,25). The molecule has 0 unspecified atom stereocenters. The molecule has 0 radical (unpaired) electrons. The van der Waals surface area contributed by atoms with E-state index in [4.69, 9.17) is 16.5 Å². The van der Waals surface area contributed by atoms with Gasteiger partial charge in [0.2, 0.25) is 11.9 Å². The fraction of sp³-hybridized carbons (Fsp3) is 0.333. The topological polar surface area (TPSA) is 80.0 Å². The van der Waals surface area contributed by atoms with Crippen molar-refractivity contribution < 1.29 is 0 Å². The molecule has 1 saturated carbocycles. The minimum Gasteiger partial charge on any atom is -0.369 e. The number of aliphatic imine (C=N–C) groups is 2. The van der Waals surface area contributed by atoms with Gasteiger partial charge in [-0.2, -0.15) is 4.99 Å². The van der Waals surface area contributed by atoms with E-state index in [0.717, 1.165) is 31.4 Å². The number of guanidine groups is 2. The molecule has 1 spiro atoms. The van der Waals surface area contributed by atoms with Crippen LogP contribution in [0.4, 0.5) is 5.69 Å². The van der Waals surface area contributed by atoms with Crippen LogP contribution in [0.2, 0.25) is 0 Å². The second-order valence-electron chi connectivity index (χ2n) is 7.23. The van der Waals surface area contributed by atoms with E-state index in [1.165, 1.54) is 23.1 Å². The van der Waals surface area contributed by atoms with E-state index in [1.807, 2.05) is 0 Å². The first-order chi connectivity index (χ1) is 12.6. The van der Waals surface area contributed by atoms with Gasteiger partial charge in [0.05, 0.1) is 0 Å². The van der Waals surface area contributed by atoms with Gasteiger partial charge in [-0.15, -0.1) is 0 Å². The number of nitrogens with two attached hydrogens (primary N) is 2. The Labute approximate surface area is 154 Å². The molecule has 0 saturated heterocycles. The van der Waals surface area contributed by atoms with Gasteiger partial charge in [0, 0.05) is 5.69 Å². The second-order valence-corrected chi connectivity index (χ2v) is 7.23. The van der Waals surface area contributed by atoms with Gasteiger partial charge in [0.15, 0.2) is 0 Å². The molecule has 26 heavy (non-hydrogen) atoms. The number of nitrogens with zero attached hydrogens (tertiary/aromatic N) is 3. The molecule has 4 rings (SSSR count). The number of benzene rings is 2. The molecule has 1 aliphatic heterocycles. The molecule has 4 N–H and O–H groups in total. The predicted octanol–water partition coefficient (Wildman–Crippen LogP) is 3.77. The maximum absolute atomic E-state index is 6.29. The smallest absolute Gasteiger partial charge is 0.220 e. The number of rotatable bonds is 2. The van der Waals surface area contributed by atoms with Crippen LogP contribution in [0.5, 0.6) is 0 Å². The third-order valence-corrected chi connectivity index (χ3v) is 5.36. The number of aryl methyl sites for hydroxylation is 1. The normalized spacial score (nSPS) is 19.2. The molecule has 2 aliphatic rings. The lowest BCUT2D eigenvalue weighted by atomic mass is 9.87. The molecule has 5 nitrogen and oxygen atoms in total. The Morgan fingerprint density at radius 2 is 1.42 bits per heavy atom. The van der Waals surface area contributed by atoms with Crippen LogP contribution in [0.15, 0.2) is 58.5 Å². The van der Waals surface area contributed by atoms with Crippen molar-refractivity contribution in [3.05, 3.63) is 54.1 Å². The highest BCUT2D eigenvalue weighted by Crippen LogP contribution is 2.39. The van der Waals surface area contributed by atoms with E-state index in [0.29, 0.717) is 5.96 Å². The zero-order valence-corrected chi connectivity index (χ0v) is 15.2. The maximum Gasteiger partial charge on any atom is 0.220 e. The molecule has 0 bridgehead atoms. The molecular weight excluding hydrogens is 322 g/mol. The first kappa shape index (κ1) is 16.6. The summed E-state index contributed by atoms with van der Waals surface area (Å²) in [5.74, 6) is 0.722. The van der Waals surface area contributed by atoms with Gasteiger partial charge in [0.25, 0.3) is 0 Å². The lowest BCUT2D eigenvalue weighted by molar-refractivity contribution is 0.305. The highest BCUT2D eigenvalue weighted by molar-refractivity contribution is 6.05. The van der Waals surface area contributed by atoms with Crippen LogP contribution in [-0.4, -0.2) is 17.6 Å². The van der Waals surface area contributed by atoms with E-state index in [2.05, 4.69) is 65.3 Å². The Kier molecular flexibility index (Phi) is 4.15. The van der Waals surface area contributed by atoms with E-state index < -0.39 is 0 Å². The summed E-state index contributed by atoms with van der Waals surface area (Å²) in [4.78, 5) is 11.0. The summed E-state index contributed by atoms with van der Waals surface area (Å²) in [6.45, 7) is 2.10. The number of hydrogen-bond acceptors (Lipinski definition) is 5. The lowest BCUT2D eigenvalue weighted by Gasteiger charge is -2.45. The Hall–Kier alpha value is -2.82. The highest BCUT2D eigenvalue weighted by Gasteiger charge is 2.42. The predicted molar refractivity (Wildman–Crippen MR) is 108 cm³/mol. The minimum atomic E-state index is -0.389. The van der Waals surface area contributed by atoms with Crippen molar-refractivity contribution in [1.29, 1.82) is 0 Å². The second kappa shape index (κ2) is 6.48. The van der Waals surface area contributed by atoms with Gasteiger partial charge < -0.3 is 11.5 Å². The van der Waals surface area contributed by atoms with Crippen LogP contribution in [0.3, 0.4) is 0 Å². The molecule has 2 aromatic rings. The van der Waals surface area contributed by atoms with Gasteiger partial charge in [-0.25, -0.2) is 4.99 Å². The zero-order valence-electron chi connectivity index (χ0n) is 15.2. The van der Waals surface area contributed by atoms with E-state index in [9.17, 15) is 0 Å². The molecule has 1 heterocycles. The van der Waals surface area contributed by atoms with Crippen LogP contribution in [0, 0.1) is 6.92 Å². The van der Waals surface area contributed by atoms with Crippen LogP contribution in [0.25, 0.3) is 11.1 Å². The van der Waals surface area contributed by atoms with Crippen molar-refractivity contribution in [1.82, 2.24) is 0 Å². The maximum atomic E-state index is 6.29. The van der Waals surface area contributed by atoms with E-state index in [-0.39, 0.29) is 11.6 Å². The average Bonchev–Trinajstić information content (AvgIpc) is 2.63. The molecule has 0 aromatic heterocycles. The van der Waals surface area contributed by atoms with Crippen molar-refractivity contribution in [2.45, 2.75) is 44.7 Å². The van der Waals surface area contributed by atoms with Crippen LogP contribution in [-0.2, 0) is 0 Å². The fourth-order valence-corrected chi connectivity index (χ4v) is 4.04. The van der Waals surface area contributed by atoms with Crippen molar-refractivity contribution in [2.75, 3.05) is 4.90 Å². The first-order valence-corrected chi connectivity index (χ1v) is 9.24. The van der Waals surface area contributed by atoms with Crippen LogP contribution < -0.4 is 16.4 Å².